The van der Waals surface area contributed by atoms with Gasteiger partial charge in [-0.1, -0.05) is 97.1 Å². The van der Waals surface area contributed by atoms with E-state index in [0.29, 0.717) is 0 Å². The van der Waals surface area contributed by atoms with Gasteiger partial charge in [0.25, 0.3) is 0 Å². The zero-order valence-corrected chi connectivity index (χ0v) is 21.7. The van der Waals surface area contributed by atoms with E-state index in [1.165, 1.54) is 27.3 Å². The number of pyridine rings is 1. The highest BCUT2D eigenvalue weighted by Gasteiger charge is 2.21. The van der Waals surface area contributed by atoms with Crippen molar-refractivity contribution in [1.82, 2.24) is 4.98 Å². The van der Waals surface area contributed by atoms with Crippen molar-refractivity contribution in [2.45, 2.75) is 0 Å². The van der Waals surface area contributed by atoms with Crippen LogP contribution in [0.25, 0.3) is 54.6 Å². The largest absolute Gasteiger partial charge is 0.452 e. The lowest BCUT2D eigenvalue weighted by molar-refractivity contribution is 0.667. The quantitative estimate of drug-likeness (QED) is 0.235. The van der Waals surface area contributed by atoms with Gasteiger partial charge in [-0.15, -0.1) is 0 Å². The summed E-state index contributed by atoms with van der Waals surface area (Å²) in [5.41, 5.74) is 6.07. The first-order chi connectivity index (χ1) is 19.8. The minimum Gasteiger partial charge on any atom is -0.452 e. The number of rotatable bonds is 4. The zero-order valence-electron chi connectivity index (χ0n) is 21.7. The average Bonchev–Trinajstić information content (AvgIpc) is 3.39. The van der Waals surface area contributed by atoms with Gasteiger partial charge >= 0.3 is 0 Å². The summed E-state index contributed by atoms with van der Waals surface area (Å²) in [7, 11) is 0. The van der Waals surface area contributed by atoms with Crippen molar-refractivity contribution in [1.29, 1.82) is 0 Å². The molecule has 0 aliphatic carbocycles. The first-order valence-electron chi connectivity index (χ1n) is 13.5. The Bertz CT molecular complexity index is 2160. The molecule has 0 bridgehead atoms. The van der Waals surface area contributed by atoms with Crippen LogP contribution in [0.5, 0.6) is 0 Å². The maximum atomic E-state index is 6.55. The number of hydrogen-bond donors (Lipinski definition) is 0. The molecule has 2 aromatic heterocycles. The van der Waals surface area contributed by atoms with Crippen LogP contribution in [0.15, 0.2) is 150 Å². The van der Waals surface area contributed by atoms with E-state index in [2.05, 4.69) is 132 Å². The van der Waals surface area contributed by atoms with Crippen LogP contribution in [0.3, 0.4) is 0 Å². The predicted molar refractivity (Wildman–Crippen MR) is 167 cm³/mol. The Morgan fingerprint density at radius 3 is 2.00 bits per heavy atom. The molecule has 3 nitrogen and oxygen atoms in total. The van der Waals surface area contributed by atoms with E-state index < -0.39 is 0 Å². The molecule has 6 aromatic carbocycles. The third-order valence-corrected chi connectivity index (χ3v) is 7.69. The minimum absolute atomic E-state index is 0.766. The number of furan rings is 1. The first kappa shape index (κ1) is 22.6. The molecule has 0 spiro atoms. The molecule has 0 atom stereocenters. The summed E-state index contributed by atoms with van der Waals surface area (Å²) in [5.74, 6) is 0.766. The fourth-order valence-electron chi connectivity index (χ4n) is 5.77. The summed E-state index contributed by atoms with van der Waals surface area (Å²) in [6.07, 6.45) is 1.88. The lowest BCUT2D eigenvalue weighted by atomic mass is 9.98. The van der Waals surface area contributed by atoms with E-state index >= 15 is 0 Å². The molecule has 0 saturated carbocycles. The molecule has 8 aromatic rings. The summed E-state index contributed by atoms with van der Waals surface area (Å²) < 4.78 is 6.55. The molecule has 0 N–H and O–H groups in total. The maximum absolute atomic E-state index is 6.55. The normalized spacial score (nSPS) is 11.5. The molecule has 0 radical (unpaired) electrons. The van der Waals surface area contributed by atoms with Crippen LogP contribution in [0.1, 0.15) is 0 Å². The predicted octanol–water partition coefficient (Wildman–Crippen LogP) is 10.4. The molecule has 188 valence electrons. The lowest BCUT2D eigenvalue weighted by Gasteiger charge is -2.24. The summed E-state index contributed by atoms with van der Waals surface area (Å²) in [6.45, 7) is 0. The summed E-state index contributed by atoms with van der Waals surface area (Å²) in [5, 5.41) is 6.99. The van der Waals surface area contributed by atoms with Crippen LogP contribution < -0.4 is 4.90 Å². The molecular weight excluding hydrogens is 488 g/mol. The van der Waals surface area contributed by atoms with Gasteiger partial charge in [-0.05, 0) is 75.1 Å². The van der Waals surface area contributed by atoms with Crippen molar-refractivity contribution in [2.75, 3.05) is 4.90 Å². The monoisotopic (exact) mass is 512 g/mol. The van der Waals surface area contributed by atoms with Crippen molar-refractivity contribution in [3.63, 3.8) is 0 Å². The van der Waals surface area contributed by atoms with Crippen LogP contribution in [0, 0.1) is 0 Å². The minimum atomic E-state index is 0.766. The molecule has 3 heteroatoms. The Morgan fingerprint density at radius 1 is 0.500 bits per heavy atom. The Hall–Kier alpha value is -5.41. The Morgan fingerprint density at radius 2 is 1.18 bits per heavy atom. The van der Waals surface area contributed by atoms with Crippen LogP contribution in [0.4, 0.5) is 17.2 Å². The van der Waals surface area contributed by atoms with E-state index in [1.807, 2.05) is 18.3 Å². The Labute approximate surface area is 231 Å². The summed E-state index contributed by atoms with van der Waals surface area (Å²) in [4.78, 5) is 7.06. The Balaban J connectivity index is 1.31. The van der Waals surface area contributed by atoms with Crippen molar-refractivity contribution < 1.29 is 4.42 Å². The summed E-state index contributed by atoms with van der Waals surface area (Å²) >= 11 is 0. The molecule has 40 heavy (non-hydrogen) atoms. The standard InChI is InChI=1S/C37H24N2O/c1-2-13-29(14-3-1)39(30-19-17-26(18-20-30)32-16-8-12-25-9-6-7-15-31(25)32)37-36-33(21-22-38-37)34-23-27-10-4-5-11-28(27)24-35(34)40-36/h1-24H. The number of hydrogen-bond acceptors (Lipinski definition) is 3. The third kappa shape index (κ3) is 3.63. The number of para-hydroxylation sites is 1. The number of anilines is 3. The van der Waals surface area contributed by atoms with Gasteiger partial charge in [0.15, 0.2) is 11.4 Å². The first-order valence-corrected chi connectivity index (χ1v) is 13.5. The van der Waals surface area contributed by atoms with E-state index in [4.69, 9.17) is 9.40 Å². The molecule has 0 aliphatic rings. The van der Waals surface area contributed by atoms with Gasteiger partial charge in [0, 0.05) is 28.3 Å². The smallest absolute Gasteiger partial charge is 0.181 e. The van der Waals surface area contributed by atoms with Gasteiger partial charge in [-0.2, -0.15) is 0 Å². The Kier molecular flexibility index (Phi) is 5.14. The second kappa shape index (κ2) is 9.11. The topological polar surface area (TPSA) is 29.3 Å². The fourth-order valence-corrected chi connectivity index (χ4v) is 5.77. The molecule has 2 heterocycles. The molecule has 0 saturated heterocycles. The van der Waals surface area contributed by atoms with Crippen molar-refractivity contribution in [3.05, 3.63) is 146 Å². The highest BCUT2D eigenvalue weighted by molar-refractivity contribution is 6.13. The van der Waals surface area contributed by atoms with Crippen LogP contribution in [-0.2, 0) is 0 Å². The fraction of sp³-hybridized carbons (Fsp3) is 0. The highest BCUT2D eigenvalue weighted by atomic mass is 16.3. The third-order valence-electron chi connectivity index (χ3n) is 7.69. The number of nitrogens with zero attached hydrogens (tertiary/aromatic N) is 2. The van der Waals surface area contributed by atoms with Crippen LogP contribution in [-0.4, -0.2) is 4.98 Å². The second-order valence-electron chi connectivity index (χ2n) is 10.1. The van der Waals surface area contributed by atoms with Gasteiger partial charge in [-0.3, -0.25) is 4.90 Å². The van der Waals surface area contributed by atoms with Crippen molar-refractivity contribution in [3.8, 4) is 11.1 Å². The highest BCUT2D eigenvalue weighted by Crippen LogP contribution is 2.42. The number of aromatic nitrogens is 1. The van der Waals surface area contributed by atoms with E-state index in [0.717, 1.165) is 44.5 Å². The molecule has 0 fully saturated rings. The van der Waals surface area contributed by atoms with Crippen molar-refractivity contribution in [2.24, 2.45) is 0 Å². The van der Waals surface area contributed by atoms with Crippen LogP contribution in [0.2, 0.25) is 0 Å². The lowest BCUT2D eigenvalue weighted by Crippen LogP contribution is -2.11. The zero-order chi connectivity index (χ0) is 26.5. The molecule has 8 rings (SSSR count). The van der Waals surface area contributed by atoms with E-state index in [-0.39, 0.29) is 0 Å². The van der Waals surface area contributed by atoms with E-state index in [9.17, 15) is 0 Å². The average molecular weight is 513 g/mol. The van der Waals surface area contributed by atoms with Gasteiger partial charge in [-0.25, -0.2) is 4.98 Å². The van der Waals surface area contributed by atoms with E-state index in [1.54, 1.807) is 0 Å². The van der Waals surface area contributed by atoms with Crippen LogP contribution >= 0.6 is 0 Å². The van der Waals surface area contributed by atoms with Gasteiger partial charge in [0.1, 0.15) is 5.58 Å². The second-order valence-corrected chi connectivity index (χ2v) is 10.1. The van der Waals surface area contributed by atoms with Crippen molar-refractivity contribution >= 4 is 60.7 Å². The SMILES string of the molecule is c1ccc(N(c2ccc(-c3cccc4ccccc34)cc2)c2nccc3c2oc2cc4ccccc4cc23)cc1. The molecule has 0 amide bonds. The van der Waals surface area contributed by atoms with Gasteiger partial charge in [0.2, 0.25) is 0 Å². The maximum Gasteiger partial charge on any atom is 0.181 e. The van der Waals surface area contributed by atoms with Gasteiger partial charge in [0.05, 0.1) is 0 Å². The van der Waals surface area contributed by atoms with Gasteiger partial charge < -0.3 is 4.42 Å². The number of benzene rings is 6. The molecular formula is C37H24N2O. The summed E-state index contributed by atoms with van der Waals surface area (Å²) in [6, 6.07) is 48.9. The molecule has 0 aliphatic heterocycles. The number of fused-ring (bicyclic) bond motifs is 5. The molecule has 0 unspecified atom stereocenters.